The van der Waals surface area contributed by atoms with Gasteiger partial charge in [-0.2, -0.15) is 10.1 Å². The molecule has 0 aliphatic carbocycles. The second-order valence-electron chi connectivity index (χ2n) is 7.71. The molecule has 1 aliphatic rings. The van der Waals surface area contributed by atoms with E-state index in [1.54, 1.807) is 11.1 Å². The first-order valence-electron chi connectivity index (χ1n) is 10.3. The number of anilines is 1. The normalized spacial score (nSPS) is 14.2. The average molecular weight is 430 g/mol. The van der Waals surface area contributed by atoms with Gasteiger partial charge in [0.15, 0.2) is 5.75 Å². The van der Waals surface area contributed by atoms with E-state index in [1.807, 2.05) is 42.2 Å². The van der Waals surface area contributed by atoms with Crippen molar-refractivity contribution in [2.75, 3.05) is 31.1 Å². The Hall–Kier alpha value is -4.14. The number of carbonyl (C=O) groups is 1. The molecule has 4 aromatic rings. The van der Waals surface area contributed by atoms with Crippen LogP contribution in [0.5, 0.6) is 11.5 Å². The van der Waals surface area contributed by atoms with Gasteiger partial charge in [0.05, 0.1) is 22.6 Å². The molecular formula is C23H22N6O3. The number of para-hydroxylation sites is 1. The minimum absolute atomic E-state index is 0.0899. The zero-order chi connectivity index (χ0) is 22.2. The summed E-state index contributed by atoms with van der Waals surface area (Å²) in [5.74, 6) is 1.70. The van der Waals surface area contributed by atoms with Crippen molar-refractivity contribution >= 4 is 33.5 Å². The molecule has 2 aromatic heterocycles. The fourth-order valence-electron chi connectivity index (χ4n) is 4.08. The number of nitrogens with zero attached hydrogens (tertiary/aromatic N) is 4. The SMILES string of the molecule is C=CC(=O)N1CCN(c2nc(=O)[nH]c3c(Oc4c(C)ccc5[nH]ncc45)cccc23)CC1. The maximum absolute atomic E-state index is 12.5. The van der Waals surface area contributed by atoms with Gasteiger partial charge in [-0.25, -0.2) is 4.79 Å². The van der Waals surface area contributed by atoms with Gasteiger partial charge in [-0.1, -0.05) is 18.7 Å². The molecule has 0 spiro atoms. The van der Waals surface area contributed by atoms with Gasteiger partial charge >= 0.3 is 5.69 Å². The molecule has 0 unspecified atom stereocenters. The predicted molar refractivity (Wildman–Crippen MR) is 122 cm³/mol. The van der Waals surface area contributed by atoms with Gasteiger partial charge in [0, 0.05) is 31.6 Å². The molecule has 0 bridgehead atoms. The van der Waals surface area contributed by atoms with Crippen molar-refractivity contribution in [1.29, 1.82) is 0 Å². The van der Waals surface area contributed by atoms with Crippen LogP contribution in [-0.2, 0) is 4.79 Å². The second-order valence-corrected chi connectivity index (χ2v) is 7.71. The van der Waals surface area contributed by atoms with Crippen molar-refractivity contribution in [3.63, 3.8) is 0 Å². The topological polar surface area (TPSA) is 107 Å². The summed E-state index contributed by atoms with van der Waals surface area (Å²) in [6, 6.07) is 9.52. The number of fused-ring (bicyclic) bond motifs is 2. The maximum atomic E-state index is 12.5. The number of H-pyrrole nitrogens is 2. The minimum atomic E-state index is -0.452. The molecule has 0 saturated carbocycles. The van der Waals surface area contributed by atoms with Crippen LogP contribution in [0.4, 0.5) is 5.82 Å². The number of rotatable bonds is 4. The first kappa shape index (κ1) is 19.8. The van der Waals surface area contributed by atoms with Crippen LogP contribution in [0.25, 0.3) is 21.8 Å². The highest BCUT2D eigenvalue weighted by Crippen LogP contribution is 2.36. The summed E-state index contributed by atoms with van der Waals surface area (Å²) < 4.78 is 6.31. The van der Waals surface area contributed by atoms with Crippen molar-refractivity contribution in [3.05, 3.63) is 65.2 Å². The Morgan fingerprint density at radius 3 is 2.75 bits per heavy atom. The summed E-state index contributed by atoms with van der Waals surface area (Å²) in [5.41, 5.74) is 1.95. The fourth-order valence-corrected chi connectivity index (χ4v) is 4.08. The lowest BCUT2D eigenvalue weighted by Crippen LogP contribution is -2.49. The molecule has 9 heteroatoms. The van der Waals surface area contributed by atoms with E-state index in [2.05, 4.69) is 26.7 Å². The molecule has 9 nitrogen and oxygen atoms in total. The van der Waals surface area contributed by atoms with Crippen molar-refractivity contribution < 1.29 is 9.53 Å². The number of carbonyl (C=O) groups excluding carboxylic acids is 1. The van der Waals surface area contributed by atoms with E-state index in [9.17, 15) is 9.59 Å². The summed E-state index contributed by atoms with van der Waals surface area (Å²) in [4.78, 5) is 35.2. The van der Waals surface area contributed by atoms with Gasteiger partial charge in [0.1, 0.15) is 11.6 Å². The zero-order valence-electron chi connectivity index (χ0n) is 17.6. The summed E-state index contributed by atoms with van der Waals surface area (Å²) >= 11 is 0. The van der Waals surface area contributed by atoms with Gasteiger partial charge in [0.25, 0.3) is 0 Å². The number of benzene rings is 2. The molecule has 0 atom stereocenters. The third-order valence-electron chi connectivity index (χ3n) is 5.76. The van der Waals surface area contributed by atoms with Crippen LogP contribution in [0.3, 0.4) is 0 Å². The van der Waals surface area contributed by atoms with Crippen LogP contribution in [-0.4, -0.2) is 57.2 Å². The smallest absolute Gasteiger partial charge is 0.347 e. The molecular weight excluding hydrogens is 408 g/mol. The Morgan fingerprint density at radius 1 is 1.16 bits per heavy atom. The van der Waals surface area contributed by atoms with Crippen molar-refractivity contribution in [2.45, 2.75) is 6.92 Å². The van der Waals surface area contributed by atoms with Gasteiger partial charge < -0.3 is 19.5 Å². The molecule has 2 aromatic carbocycles. The standard InChI is InChI=1S/C23H22N6O3/c1-3-19(30)28-9-11-29(12-10-28)22-15-5-4-6-18(20(15)25-23(31)26-22)32-21-14(2)7-8-17-16(21)13-24-27-17/h3-8,13H,1,9-12H2,2H3,(H,24,27)(H,25,26,31). The molecule has 2 N–H and O–H groups in total. The minimum Gasteiger partial charge on any atom is -0.454 e. The van der Waals surface area contributed by atoms with Crippen LogP contribution in [0.2, 0.25) is 0 Å². The fraction of sp³-hybridized carbons (Fsp3) is 0.217. The number of aromatic amines is 2. The molecule has 1 aliphatic heterocycles. The Kier molecular flexibility index (Phi) is 4.85. The highest BCUT2D eigenvalue weighted by atomic mass is 16.5. The zero-order valence-corrected chi connectivity index (χ0v) is 17.6. The van der Waals surface area contributed by atoms with E-state index in [-0.39, 0.29) is 5.91 Å². The quantitative estimate of drug-likeness (QED) is 0.482. The lowest BCUT2D eigenvalue weighted by atomic mass is 10.1. The lowest BCUT2D eigenvalue weighted by Gasteiger charge is -2.35. The number of hydrogen-bond donors (Lipinski definition) is 2. The first-order chi connectivity index (χ1) is 15.5. The van der Waals surface area contributed by atoms with E-state index in [0.29, 0.717) is 49.0 Å². The largest absolute Gasteiger partial charge is 0.454 e. The Balaban J connectivity index is 1.54. The predicted octanol–water partition coefficient (Wildman–Crippen LogP) is 2.73. The van der Waals surface area contributed by atoms with Crippen LogP contribution in [0.1, 0.15) is 5.56 Å². The highest BCUT2D eigenvalue weighted by molar-refractivity contribution is 5.94. The number of nitrogens with one attached hydrogen (secondary N) is 2. The van der Waals surface area contributed by atoms with E-state index in [4.69, 9.17) is 4.74 Å². The van der Waals surface area contributed by atoms with E-state index in [0.717, 1.165) is 21.9 Å². The summed E-state index contributed by atoms with van der Waals surface area (Å²) in [6.07, 6.45) is 3.05. The monoisotopic (exact) mass is 430 g/mol. The Morgan fingerprint density at radius 2 is 1.97 bits per heavy atom. The number of ether oxygens (including phenoxy) is 1. The molecule has 1 saturated heterocycles. The van der Waals surface area contributed by atoms with E-state index >= 15 is 0 Å². The van der Waals surface area contributed by atoms with Gasteiger partial charge in [0.2, 0.25) is 5.91 Å². The third kappa shape index (κ3) is 3.37. The first-order valence-corrected chi connectivity index (χ1v) is 10.3. The van der Waals surface area contributed by atoms with Crippen LogP contribution < -0.4 is 15.3 Å². The summed E-state index contributed by atoms with van der Waals surface area (Å²) in [6.45, 7) is 7.74. The number of amides is 1. The Labute approximate surface area is 183 Å². The molecule has 1 fully saturated rings. The Bertz CT molecular complexity index is 1400. The average Bonchev–Trinajstić information content (AvgIpc) is 3.29. The van der Waals surface area contributed by atoms with Crippen molar-refractivity contribution in [2.24, 2.45) is 0 Å². The third-order valence-corrected chi connectivity index (χ3v) is 5.76. The number of piperazine rings is 1. The summed E-state index contributed by atoms with van der Waals surface area (Å²) in [5, 5.41) is 8.70. The van der Waals surface area contributed by atoms with Gasteiger partial charge in [-0.05, 0) is 36.8 Å². The summed E-state index contributed by atoms with van der Waals surface area (Å²) in [7, 11) is 0. The number of aromatic nitrogens is 4. The number of hydrogen-bond acceptors (Lipinski definition) is 6. The van der Waals surface area contributed by atoms with Crippen LogP contribution in [0, 0.1) is 6.92 Å². The lowest BCUT2D eigenvalue weighted by molar-refractivity contribution is -0.126. The van der Waals surface area contributed by atoms with E-state index in [1.165, 1.54) is 6.08 Å². The molecule has 32 heavy (non-hydrogen) atoms. The van der Waals surface area contributed by atoms with Crippen molar-refractivity contribution in [1.82, 2.24) is 25.1 Å². The molecule has 0 radical (unpaired) electrons. The second kappa shape index (κ2) is 7.84. The molecule has 1 amide bonds. The maximum Gasteiger partial charge on any atom is 0.347 e. The van der Waals surface area contributed by atoms with Crippen LogP contribution in [0.15, 0.2) is 54.0 Å². The van der Waals surface area contributed by atoms with Crippen LogP contribution >= 0.6 is 0 Å². The van der Waals surface area contributed by atoms with Gasteiger partial charge in [-0.15, -0.1) is 0 Å². The number of aryl methyl sites for hydroxylation is 1. The molecule has 162 valence electrons. The van der Waals surface area contributed by atoms with Gasteiger partial charge in [-0.3, -0.25) is 9.89 Å². The molecule has 5 rings (SSSR count). The molecule has 3 heterocycles. The van der Waals surface area contributed by atoms with E-state index < -0.39 is 5.69 Å². The highest BCUT2D eigenvalue weighted by Gasteiger charge is 2.23. The van der Waals surface area contributed by atoms with Crippen molar-refractivity contribution in [3.8, 4) is 11.5 Å².